The van der Waals surface area contributed by atoms with E-state index in [1.165, 1.54) is 11.3 Å². The Morgan fingerprint density at radius 2 is 2.41 bits per heavy atom. The van der Waals surface area contributed by atoms with Gasteiger partial charge in [0, 0.05) is 12.6 Å². The lowest BCUT2D eigenvalue weighted by Gasteiger charge is -2.28. The molecule has 2 heterocycles. The van der Waals surface area contributed by atoms with Crippen LogP contribution in [0.15, 0.2) is 12.1 Å². The van der Waals surface area contributed by atoms with Gasteiger partial charge in [0.15, 0.2) is 5.78 Å². The fourth-order valence-corrected chi connectivity index (χ4v) is 3.06. The molecule has 5 heteroatoms. The van der Waals surface area contributed by atoms with Crippen molar-refractivity contribution in [2.45, 2.75) is 25.4 Å². The molecular weight excluding hydrogens is 258 g/mol. The molecule has 1 saturated heterocycles. The molecule has 1 aromatic rings. The van der Waals surface area contributed by atoms with Gasteiger partial charge in [-0.3, -0.25) is 9.69 Å². The van der Waals surface area contributed by atoms with Crippen LogP contribution in [0, 0.1) is 0 Å². The number of likely N-dealkylation sites (N-methyl/N-ethyl adjacent to an activating group) is 1. The summed E-state index contributed by atoms with van der Waals surface area (Å²) in [5, 5.41) is 0. The predicted molar refractivity (Wildman–Crippen MR) is 70.1 cm³/mol. The minimum atomic E-state index is -0.128. The van der Waals surface area contributed by atoms with Gasteiger partial charge in [-0.25, -0.2) is 0 Å². The van der Waals surface area contributed by atoms with Crippen LogP contribution < -0.4 is 0 Å². The van der Waals surface area contributed by atoms with Crippen LogP contribution in [0.1, 0.15) is 23.0 Å². The van der Waals surface area contributed by atoms with Crippen LogP contribution >= 0.6 is 22.9 Å². The van der Waals surface area contributed by atoms with Crippen molar-refractivity contribution >= 4 is 28.7 Å². The van der Waals surface area contributed by atoms with Crippen LogP contribution in [-0.2, 0) is 4.74 Å². The van der Waals surface area contributed by atoms with E-state index >= 15 is 0 Å². The summed E-state index contributed by atoms with van der Waals surface area (Å²) in [4.78, 5) is 15.1. The smallest absolute Gasteiger partial charge is 0.189 e. The number of carbonyl (C=O) groups is 1. The summed E-state index contributed by atoms with van der Waals surface area (Å²) in [6.45, 7) is 3.45. The van der Waals surface area contributed by atoms with E-state index in [1.807, 2.05) is 14.0 Å². The van der Waals surface area contributed by atoms with E-state index in [-0.39, 0.29) is 11.8 Å². The summed E-state index contributed by atoms with van der Waals surface area (Å²) in [5.74, 6) is 0.135. The number of rotatable bonds is 4. The number of halogens is 1. The lowest BCUT2D eigenvalue weighted by atomic mass is 10.1. The van der Waals surface area contributed by atoms with E-state index in [1.54, 1.807) is 12.1 Å². The highest BCUT2D eigenvalue weighted by Gasteiger charge is 2.28. The maximum atomic E-state index is 12.2. The Bertz CT molecular complexity index is 401. The molecule has 94 valence electrons. The maximum Gasteiger partial charge on any atom is 0.189 e. The van der Waals surface area contributed by atoms with Gasteiger partial charge in [0.2, 0.25) is 0 Å². The third kappa shape index (κ3) is 2.88. The van der Waals surface area contributed by atoms with Crippen LogP contribution in [-0.4, -0.2) is 43.0 Å². The molecule has 0 saturated carbocycles. The summed E-state index contributed by atoms with van der Waals surface area (Å²) in [5.41, 5.74) is 0. The molecule has 2 rings (SSSR count). The van der Waals surface area contributed by atoms with E-state index in [0.29, 0.717) is 10.4 Å². The molecule has 0 aromatic carbocycles. The first-order valence-electron chi connectivity index (χ1n) is 5.69. The minimum Gasteiger partial charge on any atom is -0.380 e. The normalized spacial score (nSPS) is 22.0. The summed E-state index contributed by atoms with van der Waals surface area (Å²) in [6.07, 6.45) is 0.999. The van der Waals surface area contributed by atoms with Crippen LogP contribution in [0.25, 0.3) is 0 Å². The lowest BCUT2D eigenvalue weighted by Crippen LogP contribution is -2.43. The molecule has 0 N–H and O–H groups in total. The van der Waals surface area contributed by atoms with Crippen molar-refractivity contribution in [3.63, 3.8) is 0 Å². The highest BCUT2D eigenvalue weighted by molar-refractivity contribution is 7.18. The third-order valence-electron chi connectivity index (χ3n) is 3.29. The zero-order valence-electron chi connectivity index (χ0n) is 9.98. The topological polar surface area (TPSA) is 29.5 Å². The second kappa shape index (κ2) is 5.48. The standard InChI is InChI=1S/C12H16ClNO2S/c1-8(14(2)9-5-6-16-7-9)12(15)10-3-4-11(13)17-10/h3-4,8-9H,5-7H2,1-2H3. The van der Waals surface area contributed by atoms with Crippen molar-refractivity contribution in [3.8, 4) is 0 Å². The van der Waals surface area contributed by atoms with Gasteiger partial charge < -0.3 is 4.74 Å². The van der Waals surface area contributed by atoms with Crippen LogP contribution in [0.2, 0.25) is 4.34 Å². The Morgan fingerprint density at radius 3 is 2.94 bits per heavy atom. The van der Waals surface area contributed by atoms with Crippen molar-refractivity contribution in [2.24, 2.45) is 0 Å². The van der Waals surface area contributed by atoms with E-state index < -0.39 is 0 Å². The number of thiophene rings is 1. The lowest BCUT2D eigenvalue weighted by molar-refractivity contribution is 0.0799. The van der Waals surface area contributed by atoms with Crippen molar-refractivity contribution in [1.82, 2.24) is 4.90 Å². The van der Waals surface area contributed by atoms with Crippen molar-refractivity contribution in [3.05, 3.63) is 21.3 Å². The third-order valence-corrected chi connectivity index (χ3v) is 4.53. The first-order chi connectivity index (χ1) is 8.09. The van der Waals surface area contributed by atoms with Crippen molar-refractivity contribution < 1.29 is 9.53 Å². The fraction of sp³-hybridized carbons (Fsp3) is 0.583. The zero-order chi connectivity index (χ0) is 12.4. The molecule has 0 spiro atoms. The molecule has 2 unspecified atom stereocenters. The average molecular weight is 274 g/mol. The van der Waals surface area contributed by atoms with E-state index in [9.17, 15) is 4.79 Å². The fourth-order valence-electron chi connectivity index (χ4n) is 2.00. The molecular formula is C12H16ClNO2S. The molecule has 17 heavy (non-hydrogen) atoms. The summed E-state index contributed by atoms with van der Waals surface area (Å²) < 4.78 is 6.01. The number of ketones is 1. The Balaban J connectivity index is 2.03. The van der Waals surface area contributed by atoms with Gasteiger partial charge in [-0.05, 0) is 32.5 Å². The predicted octanol–water partition coefficient (Wildman–Crippen LogP) is 2.69. The zero-order valence-corrected chi connectivity index (χ0v) is 11.6. The molecule has 1 aromatic heterocycles. The minimum absolute atomic E-state index is 0.128. The molecule has 0 bridgehead atoms. The Labute approximate surface area is 110 Å². The number of carbonyl (C=O) groups excluding carboxylic acids is 1. The molecule has 1 fully saturated rings. The van der Waals surface area contributed by atoms with Crippen LogP contribution in [0.4, 0.5) is 0 Å². The number of ether oxygens (including phenoxy) is 1. The molecule has 3 nitrogen and oxygen atoms in total. The summed E-state index contributed by atoms with van der Waals surface area (Å²) in [6, 6.07) is 3.79. The van der Waals surface area contributed by atoms with Crippen molar-refractivity contribution in [2.75, 3.05) is 20.3 Å². The summed E-state index contributed by atoms with van der Waals surface area (Å²) >= 11 is 7.19. The van der Waals surface area contributed by atoms with Gasteiger partial charge in [0.1, 0.15) is 0 Å². The SMILES string of the molecule is CC(C(=O)c1ccc(Cl)s1)N(C)C1CCOC1. The van der Waals surface area contributed by atoms with Gasteiger partial charge in [-0.1, -0.05) is 11.6 Å². The van der Waals surface area contributed by atoms with Gasteiger partial charge in [0.25, 0.3) is 0 Å². The second-order valence-corrected chi connectivity index (χ2v) is 6.04. The van der Waals surface area contributed by atoms with Gasteiger partial charge >= 0.3 is 0 Å². The largest absolute Gasteiger partial charge is 0.380 e. The van der Waals surface area contributed by atoms with Crippen LogP contribution in [0.3, 0.4) is 0 Å². The molecule has 0 amide bonds. The van der Waals surface area contributed by atoms with Gasteiger partial charge in [-0.15, -0.1) is 11.3 Å². The molecule has 1 aliphatic rings. The van der Waals surface area contributed by atoms with E-state index in [2.05, 4.69) is 4.90 Å². The van der Waals surface area contributed by atoms with Crippen molar-refractivity contribution in [1.29, 1.82) is 0 Å². The maximum absolute atomic E-state index is 12.2. The monoisotopic (exact) mass is 273 g/mol. The number of hydrogen-bond donors (Lipinski definition) is 0. The molecule has 1 aliphatic heterocycles. The Morgan fingerprint density at radius 1 is 1.65 bits per heavy atom. The summed E-state index contributed by atoms with van der Waals surface area (Å²) in [7, 11) is 1.98. The molecule has 0 aliphatic carbocycles. The average Bonchev–Trinajstić information content (AvgIpc) is 2.96. The number of Topliss-reactive ketones (excluding diaryl/α,β-unsaturated/α-hetero) is 1. The first-order valence-corrected chi connectivity index (χ1v) is 6.88. The Kier molecular flexibility index (Phi) is 4.20. The highest BCUT2D eigenvalue weighted by atomic mass is 35.5. The first kappa shape index (κ1) is 13.0. The second-order valence-electron chi connectivity index (χ2n) is 4.33. The molecule has 0 radical (unpaired) electrons. The van der Waals surface area contributed by atoms with E-state index in [0.717, 1.165) is 24.5 Å². The highest BCUT2D eigenvalue weighted by Crippen LogP contribution is 2.24. The molecule has 2 atom stereocenters. The number of nitrogens with zero attached hydrogens (tertiary/aromatic N) is 1. The van der Waals surface area contributed by atoms with Gasteiger partial charge in [-0.2, -0.15) is 0 Å². The van der Waals surface area contributed by atoms with Gasteiger partial charge in [0.05, 0.1) is 21.9 Å². The Hall–Kier alpha value is -0.420. The quantitative estimate of drug-likeness (QED) is 0.790. The van der Waals surface area contributed by atoms with Crippen LogP contribution in [0.5, 0.6) is 0 Å². The van der Waals surface area contributed by atoms with E-state index in [4.69, 9.17) is 16.3 Å². The number of hydrogen-bond acceptors (Lipinski definition) is 4.